The Hall–Kier alpha value is -0.770. The number of rotatable bonds is 3. The lowest BCUT2D eigenvalue weighted by Crippen LogP contribution is -2.16. The van der Waals surface area contributed by atoms with Crippen LogP contribution in [-0.2, 0) is 11.2 Å². The zero-order valence-corrected chi connectivity index (χ0v) is 10.4. The maximum Gasteiger partial charge on any atom is 0.143 e. The van der Waals surface area contributed by atoms with E-state index in [9.17, 15) is 13.6 Å². The van der Waals surface area contributed by atoms with Gasteiger partial charge in [-0.2, -0.15) is 0 Å². The molecule has 0 amide bonds. The van der Waals surface area contributed by atoms with Crippen LogP contribution in [0.1, 0.15) is 25.3 Å². The molecule has 1 aromatic rings. The third kappa shape index (κ3) is 2.03. The number of Topliss-reactive ketones (excluding diaryl/α,β-unsaturated/α-hetero) is 1. The number of ketones is 1. The van der Waals surface area contributed by atoms with Crippen molar-refractivity contribution in [1.82, 2.24) is 0 Å². The van der Waals surface area contributed by atoms with Gasteiger partial charge in [0.1, 0.15) is 17.4 Å². The SMILES string of the molecule is CC1(C(=O)Cc2c(F)ccc(Br)c2F)CC1. The molecule has 0 atom stereocenters. The monoisotopic (exact) mass is 288 g/mol. The number of carbonyl (C=O) groups is 1. The quantitative estimate of drug-likeness (QED) is 0.776. The molecule has 2 rings (SSSR count). The van der Waals surface area contributed by atoms with Crippen LogP contribution in [-0.4, -0.2) is 5.78 Å². The van der Waals surface area contributed by atoms with Gasteiger partial charge in [0, 0.05) is 17.4 Å². The van der Waals surface area contributed by atoms with Crippen molar-refractivity contribution in [2.45, 2.75) is 26.2 Å². The van der Waals surface area contributed by atoms with Crippen molar-refractivity contribution in [3.05, 3.63) is 33.8 Å². The Balaban J connectivity index is 2.27. The minimum atomic E-state index is -0.669. The second-order valence-electron chi connectivity index (χ2n) is 4.48. The Bertz CT molecular complexity index is 453. The maximum absolute atomic E-state index is 13.6. The molecule has 1 aliphatic carbocycles. The topological polar surface area (TPSA) is 17.1 Å². The summed E-state index contributed by atoms with van der Waals surface area (Å²) in [6, 6.07) is 2.47. The van der Waals surface area contributed by atoms with E-state index in [0.717, 1.165) is 12.8 Å². The van der Waals surface area contributed by atoms with E-state index in [1.54, 1.807) is 0 Å². The molecule has 0 radical (unpaired) electrons. The van der Waals surface area contributed by atoms with E-state index in [2.05, 4.69) is 15.9 Å². The van der Waals surface area contributed by atoms with Crippen LogP contribution in [0.3, 0.4) is 0 Å². The lowest BCUT2D eigenvalue weighted by atomic mass is 9.96. The van der Waals surface area contributed by atoms with Gasteiger partial charge in [-0.25, -0.2) is 8.78 Å². The molecule has 86 valence electrons. The van der Waals surface area contributed by atoms with Crippen LogP contribution < -0.4 is 0 Å². The summed E-state index contributed by atoms with van der Waals surface area (Å²) >= 11 is 2.98. The molecule has 0 N–H and O–H groups in total. The van der Waals surface area contributed by atoms with Crippen molar-refractivity contribution < 1.29 is 13.6 Å². The molecule has 0 saturated heterocycles. The van der Waals surface area contributed by atoms with Crippen molar-refractivity contribution in [1.29, 1.82) is 0 Å². The highest BCUT2D eigenvalue weighted by Crippen LogP contribution is 2.46. The molecule has 0 bridgehead atoms. The number of hydrogen-bond acceptors (Lipinski definition) is 1. The second kappa shape index (κ2) is 3.91. The lowest BCUT2D eigenvalue weighted by molar-refractivity contribution is -0.123. The Labute approximate surface area is 101 Å². The van der Waals surface area contributed by atoms with Gasteiger partial charge in [-0.05, 0) is 40.9 Å². The van der Waals surface area contributed by atoms with Crippen molar-refractivity contribution in [3.63, 3.8) is 0 Å². The molecule has 0 aliphatic heterocycles. The highest BCUT2D eigenvalue weighted by atomic mass is 79.9. The largest absolute Gasteiger partial charge is 0.299 e. The van der Waals surface area contributed by atoms with E-state index < -0.39 is 11.6 Å². The van der Waals surface area contributed by atoms with Crippen LogP contribution in [0.15, 0.2) is 16.6 Å². The second-order valence-corrected chi connectivity index (χ2v) is 5.34. The molecule has 0 spiro atoms. The Morgan fingerprint density at radius 3 is 2.62 bits per heavy atom. The molecule has 0 unspecified atom stereocenters. The number of carbonyl (C=O) groups excluding carboxylic acids is 1. The van der Waals surface area contributed by atoms with Crippen LogP contribution >= 0.6 is 15.9 Å². The molecule has 0 aromatic heterocycles. The summed E-state index contributed by atoms with van der Waals surface area (Å²) < 4.78 is 27.2. The molecule has 1 aliphatic rings. The smallest absolute Gasteiger partial charge is 0.143 e. The average Bonchev–Trinajstić information content (AvgIpc) is 2.98. The number of hydrogen-bond donors (Lipinski definition) is 0. The van der Waals surface area contributed by atoms with Gasteiger partial charge in [0.25, 0.3) is 0 Å². The molecule has 1 saturated carbocycles. The van der Waals surface area contributed by atoms with Crippen LogP contribution in [0.5, 0.6) is 0 Å². The summed E-state index contributed by atoms with van der Waals surface area (Å²) in [5, 5.41) is 0. The van der Waals surface area contributed by atoms with E-state index in [4.69, 9.17) is 0 Å². The molecule has 4 heteroatoms. The van der Waals surface area contributed by atoms with Gasteiger partial charge in [-0.3, -0.25) is 4.79 Å². The molecule has 1 nitrogen and oxygen atoms in total. The van der Waals surface area contributed by atoms with E-state index >= 15 is 0 Å². The first-order valence-corrected chi connectivity index (χ1v) is 5.89. The molecule has 1 fully saturated rings. The summed E-state index contributed by atoms with van der Waals surface area (Å²) in [5.74, 6) is -1.40. The minimum Gasteiger partial charge on any atom is -0.299 e. The van der Waals surface area contributed by atoms with Crippen molar-refractivity contribution in [2.75, 3.05) is 0 Å². The summed E-state index contributed by atoms with van der Waals surface area (Å²) in [4.78, 5) is 11.8. The molecule has 0 heterocycles. The Morgan fingerprint density at radius 2 is 2.06 bits per heavy atom. The first kappa shape index (κ1) is 11.7. The van der Waals surface area contributed by atoms with E-state index in [0.29, 0.717) is 0 Å². The third-order valence-corrected chi connectivity index (χ3v) is 3.76. The molecule has 1 aromatic carbocycles. The van der Waals surface area contributed by atoms with Gasteiger partial charge in [-0.15, -0.1) is 0 Å². The average molecular weight is 289 g/mol. The van der Waals surface area contributed by atoms with Gasteiger partial charge >= 0.3 is 0 Å². The van der Waals surface area contributed by atoms with E-state index in [-0.39, 0.29) is 27.7 Å². The zero-order chi connectivity index (χ0) is 11.9. The van der Waals surface area contributed by atoms with Crippen LogP contribution in [0.4, 0.5) is 8.78 Å². The van der Waals surface area contributed by atoms with Crippen molar-refractivity contribution >= 4 is 21.7 Å². The summed E-state index contributed by atoms with van der Waals surface area (Å²) in [6.45, 7) is 1.84. The van der Waals surface area contributed by atoms with E-state index in [1.807, 2.05) is 6.92 Å². The third-order valence-electron chi connectivity index (χ3n) is 3.15. The van der Waals surface area contributed by atoms with Gasteiger partial charge in [-0.1, -0.05) is 6.92 Å². The highest BCUT2D eigenvalue weighted by molar-refractivity contribution is 9.10. The molecular weight excluding hydrogens is 278 g/mol. The van der Waals surface area contributed by atoms with Gasteiger partial charge in [0.05, 0.1) is 4.47 Å². The van der Waals surface area contributed by atoms with Gasteiger partial charge in [0.15, 0.2) is 0 Å². The summed E-state index contributed by atoms with van der Waals surface area (Å²) in [7, 11) is 0. The minimum absolute atomic E-state index is 0.0802. The van der Waals surface area contributed by atoms with Gasteiger partial charge in [0.2, 0.25) is 0 Å². The number of halogens is 3. The Kier molecular flexibility index (Phi) is 2.86. The summed E-state index contributed by atoms with van der Waals surface area (Å²) in [5.41, 5.74) is -0.478. The lowest BCUT2D eigenvalue weighted by Gasteiger charge is -2.09. The zero-order valence-electron chi connectivity index (χ0n) is 8.82. The van der Waals surface area contributed by atoms with Crippen LogP contribution in [0.2, 0.25) is 0 Å². The number of benzene rings is 1. The Morgan fingerprint density at radius 1 is 1.44 bits per heavy atom. The van der Waals surface area contributed by atoms with Crippen LogP contribution in [0, 0.1) is 17.0 Å². The fourth-order valence-electron chi connectivity index (χ4n) is 1.57. The predicted molar refractivity (Wildman–Crippen MR) is 60.1 cm³/mol. The van der Waals surface area contributed by atoms with Crippen molar-refractivity contribution in [3.8, 4) is 0 Å². The fraction of sp³-hybridized carbons (Fsp3) is 0.417. The fourth-order valence-corrected chi connectivity index (χ4v) is 1.94. The predicted octanol–water partition coefficient (Wildman–Crippen LogP) is 3.64. The highest BCUT2D eigenvalue weighted by Gasteiger charge is 2.44. The standard InChI is InChI=1S/C12H11BrF2O/c1-12(4-5-12)10(16)6-7-9(14)3-2-8(13)11(7)15/h2-3H,4-6H2,1H3. The van der Waals surface area contributed by atoms with E-state index in [1.165, 1.54) is 12.1 Å². The molecule has 16 heavy (non-hydrogen) atoms. The normalized spacial score (nSPS) is 17.2. The first-order chi connectivity index (χ1) is 7.44. The van der Waals surface area contributed by atoms with Crippen LogP contribution in [0.25, 0.3) is 0 Å². The van der Waals surface area contributed by atoms with Gasteiger partial charge < -0.3 is 0 Å². The van der Waals surface area contributed by atoms with Crippen molar-refractivity contribution in [2.24, 2.45) is 5.41 Å². The first-order valence-electron chi connectivity index (χ1n) is 5.10. The summed E-state index contributed by atoms with van der Waals surface area (Å²) in [6.07, 6.45) is 1.49. The molecular formula is C12H11BrF2O. The maximum atomic E-state index is 13.6.